The molecule has 0 aliphatic heterocycles. The molecule has 3 aromatic carbocycles. The Labute approximate surface area is 190 Å². The molecule has 0 aliphatic carbocycles. The number of aryl methyl sites for hydroxylation is 2. The molecule has 0 unspecified atom stereocenters. The van der Waals surface area contributed by atoms with Gasteiger partial charge in [-0.3, -0.25) is 0 Å². The van der Waals surface area contributed by atoms with Gasteiger partial charge in [0.1, 0.15) is 12.1 Å². The van der Waals surface area contributed by atoms with Gasteiger partial charge >= 0.3 is 0 Å². The van der Waals surface area contributed by atoms with Gasteiger partial charge < -0.3 is 8.98 Å². The highest BCUT2D eigenvalue weighted by atomic mass is 16.4. The van der Waals surface area contributed by atoms with Crippen molar-refractivity contribution in [1.29, 1.82) is 0 Å². The van der Waals surface area contributed by atoms with Crippen LogP contribution in [0.25, 0.3) is 45.3 Å². The Balaban J connectivity index is 1.47. The fourth-order valence-corrected chi connectivity index (χ4v) is 4.38. The number of hydrogen-bond acceptors (Lipinski definition) is 5. The molecule has 0 atom stereocenters. The van der Waals surface area contributed by atoms with E-state index in [1.165, 1.54) is 5.56 Å². The average molecular weight is 431 g/mol. The maximum absolute atomic E-state index is 5.95. The lowest BCUT2D eigenvalue weighted by molar-refractivity contribution is 0.475. The van der Waals surface area contributed by atoms with Gasteiger partial charge in [0, 0.05) is 11.5 Å². The minimum absolute atomic E-state index is 0.420. The van der Waals surface area contributed by atoms with Crippen molar-refractivity contribution in [2.75, 3.05) is 0 Å². The largest absolute Gasteiger partial charge is 0.419 e. The summed E-state index contributed by atoms with van der Waals surface area (Å²) >= 11 is 0. The highest BCUT2D eigenvalue weighted by Gasteiger charge is 2.18. The zero-order chi connectivity index (χ0) is 22.4. The first kappa shape index (κ1) is 19.4. The summed E-state index contributed by atoms with van der Waals surface area (Å²) in [5.41, 5.74) is 7.97. The van der Waals surface area contributed by atoms with Gasteiger partial charge in [-0.1, -0.05) is 54.1 Å². The molecule has 6 heteroatoms. The smallest absolute Gasteiger partial charge is 0.240 e. The molecule has 3 aromatic heterocycles. The van der Waals surface area contributed by atoms with Crippen molar-refractivity contribution in [2.45, 2.75) is 20.4 Å². The van der Waals surface area contributed by atoms with Gasteiger partial charge in [-0.15, -0.1) is 10.2 Å². The molecule has 6 nitrogen and oxygen atoms in total. The second-order valence-electron chi connectivity index (χ2n) is 8.23. The van der Waals surface area contributed by atoms with Crippen LogP contribution in [0.5, 0.6) is 0 Å². The van der Waals surface area contributed by atoms with Crippen molar-refractivity contribution >= 4 is 45.3 Å². The lowest BCUT2D eigenvalue weighted by atomic mass is 10.1. The molecule has 3 heterocycles. The van der Waals surface area contributed by atoms with Crippen LogP contribution >= 0.6 is 0 Å². The monoisotopic (exact) mass is 431 g/mol. The van der Waals surface area contributed by atoms with Gasteiger partial charge in [0.05, 0.1) is 16.6 Å². The third-order valence-corrected chi connectivity index (χ3v) is 5.77. The number of aromatic nitrogens is 5. The van der Waals surface area contributed by atoms with Gasteiger partial charge in [0.15, 0.2) is 5.65 Å². The van der Waals surface area contributed by atoms with Crippen molar-refractivity contribution in [3.63, 3.8) is 0 Å². The van der Waals surface area contributed by atoms with E-state index in [2.05, 4.69) is 40.7 Å². The van der Waals surface area contributed by atoms with E-state index in [1.807, 2.05) is 66.7 Å². The Morgan fingerprint density at radius 3 is 2.42 bits per heavy atom. The van der Waals surface area contributed by atoms with Crippen molar-refractivity contribution in [3.05, 3.63) is 95.2 Å². The number of rotatable bonds is 4. The molecule has 0 amide bonds. The molecule has 0 aliphatic rings. The highest BCUT2D eigenvalue weighted by molar-refractivity contribution is 6.07. The van der Waals surface area contributed by atoms with E-state index >= 15 is 0 Å². The summed E-state index contributed by atoms with van der Waals surface area (Å²) in [6, 6.07) is 22.3. The quantitative estimate of drug-likeness (QED) is 0.345. The van der Waals surface area contributed by atoms with Crippen molar-refractivity contribution < 1.29 is 4.42 Å². The SMILES string of the molecule is Cc1cc(C)c2c(c1)c1nc3ccccc3nc1n2Cc1nnc(/C=C/c2ccccc2)o1. The fraction of sp³-hybridized carbons (Fsp3) is 0.111. The zero-order valence-corrected chi connectivity index (χ0v) is 18.4. The minimum atomic E-state index is 0.420. The summed E-state index contributed by atoms with van der Waals surface area (Å²) in [5, 5.41) is 9.58. The summed E-state index contributed by atoms with van der Waals surface area (Å²) < 4.78 is 8.09. The third kappa shape index (κ3) is 3.46. The summed E-state index contributed by atoms with van der Waals surface area (Å²) in [5.74, 6) is 0.996. The molecular formula is C27H21N5O. The lowest BCUT2D eigenvalue weighted by Gasteiger charge is -2.06. The maximum atomic E-state index is 5.95. The topological polar surface area (TPSA) is 69.6 Å². The van der Waals surface area contributed by atoms with Crippen LogP contribution in [0.2, 0.25) is 0 Å². The Hall–Kier alpha value is -4.32. The Bertz CT molecular complexity index is 1660. The average Bonchev–Trinajstić information content (AvgIpc) is 3.40. The molecule has 0 bridgehead atoms. The predicted molar refractivity (Wildman–Crippen MR) is 131 cm³/mol. The standard InChI is InChI=1S/C27H21N5O/c1-17-14-18(2)26-20(15-17)25-27(29-22-11-7-6-10-21(22)28-25)32(26)16-24-31-30-23(33-24)13-12-19-8-4-3-5-9-19/h3-15H,16H2,1-2H3/b13-12+. The second kappa shape index (κ2) is 7.67. The van der Waals surface area contributed by atoms with Gasteiger partial charge in [-0.25, -0.2) is 9.97 Å². The molecule has 0 saturated heterocycles. The first-order valence-electron chi connectivity index (χ1n) is 10.9. The summed E-state index contributed by atoms with van der Waals surface area (Å²) in [6.07, 6.45) is 3.79. The molecule has 0 spiro atoms. The van der Waals surface area contributed by atoms with Crippen molar-refractivity contribution in [3.8, 4) is 0 Å². The summed E-state index contributed by atoms with van der Waals surface area (Å²) in [6.45, 7) is 4.64. The van der Waals surface area contributed by atoms with Crippen LogP contribution in [0.15, 0.2) is 71.1 Å². The van der Waals surface area contributed by atoms with E-state index in [1.54, 1.807) is 0 Å². The maximum Gasteiger partial charge on any atom is 0.240 e. The normalized spacial score (nSPS) is 11.9. The van der Waals surface area contributed by atoms with E-state index in [0.717, 1.165) is 44.2 Å². The number of benzene rings is 3. The molecular weight excluding hydrogens is 410 g/mol. The first-order valence-corrected chi connectivity index (χ1v) is 10.9. The van der Waals surface area contributed by atoms with Crippen LogP contribution < -0.4 is 0 Å². The van der Waals surface area contributed by atoms with E-state index in [-0.39, 0.29) is 0 Å². The first-order chi connectivity index (χ1) is 16.2. The van der Waals surface area contributed by atoms with Gasteiger partial charge in [-0.2, -0.15) is 0 Å². The molecule has 33 heavy (non-hydrogen) atoms. The van der Waals surface area contributed by atoms with Crippen molar-refractivity contribution in [2.24, 2.45) is 0 Å². The molecule has 0 radical (unpaired) electrons. The van der Waals surface area contributed by atoms with E-state index in [0.29, 0.717) is 18.3 Å². The van der Waals surface area contributed by atoms with Crippen LogP contribution in [-0.4, -0.2) is 24.7 Å². The van der Waals surface area contributed by atoms with Crippen LogP contribution in [0, 0.1) is 13.8 Å². The predicted octanol–water partition coefficient (Wildman–Crippen LogP) is 5.96. The molecule has 0 fully saturated rings. The fourth-order valence-electron chi connectivity index (χ4n) is 4.38. The molecule has 160 valence electrons. The van der Waals surface area contributed by atoms with Gasteiger partial charge in [0.25, 0.3) is 0 Å². The Morgan fingerprint density at radius 2 is 1.61 bits per heavy atom. The van der Waals surface area contributed by atoms with E-state index in [4.69, 9.17) is 14.4 Å². The second-order valence-corrected chi connectivity index (χ2v) is 8.23. The Kier molecular flexibility index (Phi) is 4.50. The molecule has 6 rings (SSSR count). The van der Waals surface area contributed by atoms with E-state index < -0.39 is 0 Å². The van der Waals surface area contributed by atoms with Crippen LogP contribution in [-0.2, 0) is 6.54 Å². The van der Waals surface area contributed by atoms with Crippen molar-refractivity contribution in [1.82, 2.24) is 24.7 Å². The van der Waals surface area contributed by atoms with Crippen LogP contribution in [0.3, 0.4) is 0 Å². The van der Waals surface area contributed by atoms with E-state index in [9.17, 15) is 0 Å². The third-order valence-electron chi connectivity index (χ3n) is 5.77. The lowest BCUT2D eigenvalue weighted by Crippen LogP contribution is -2.02. The number of para-hydroxylation sites is 2. The molecule has 0 N–H and O–H groups in total. The van der Waals surface area contributed by atoms with Gasteiger partial charge in [0.2, 0.25) is 11.8 Å². The number of nitrogens with zero attached hydrogens (tertiary/aromatic N) is 5. The molecule has 0 saturated carbocycles. The Morgan fingerprint density at radius 1 is 0.848 bits per heavy atom. The van der Waals surface area contributed by atoms with Gasteiger partial charge in [-0.05, 0) is 49.2 Å². The minimum Gasteiger partial charge on any atom is -0.419 e. The number of fused-ring (bicyclic) bond motifs is 4. The van der Waals surface area contributed by atoms with Crippen LogP contribution in [0.1, 0.15) is 28.5 Å². The van der Waals surface area contributed by atoms with Crippen LogP contribution in [0.4, 0.5) is 0 Å². The number of hydrogen-bond donors (Lipinski definition) is 0. The zero-order valence-electron chi connectivity index (χ0n) is 18.4. The highest BCUT2D eigenvalue weighted by Crippen LogP contribution is 2.32. The summed E-state index contributed by atoms with van der Waals surface area (Å²) in [7, 11) is 0. The molecule has 6 aromatic rings. The summed E-state index contributed by atoms with van der Waals surface area (Å²) in [4.78, 5) is 9.92.